The Hall–Kier alpha value is -1.67. The van der Waals surface area contributed by atoms with E-state index >= 15 is 0 Å². The molecule has 0 bridgehead atoms. The number of carbonyl (C=O) groups is 1. The van der Waals surface area contributed by atoms with Crippen molar-refractivity contribution in [1.82, 2.24) is 0 Å². The summed E-state index contributed by atoms with van der Waals surface area (Å²) in [6.45, 7) is 29.2. The Kier molecular flexibility index (Phi) is 16.6. The van der Waals surface area contributed by atoms with Crippen LogP contribution < -0.4 is 0 Å². The van der Waals surface area contributed by atoms with Gasteiger partial charge in [-0.05, 0) is 67.4 Å². The Labute approximate surface area is 293 Å². The van der Waals surface area contributed by atoms with Crippen molar-refractivity contribution in [2.45, 2.75) is 116 Å². The van der Waals surface area contributed by atoms with Crippen molar-refractivity contribution in [2.24, 2.45) is 0 Å². The van der Waals surface area contributed by atoms with E-state index < -0.39 is 0 Å². The molecule has 0 aliphatic carbocycles. The molecule has 1 nitrogen and oxygen atoms in total. The fourth-order valence-electron chi connectivity index (χ4n) is 5.71. The summed E-state index contributed by atoms with van der Waals surface area (Å²) in [7, 11) is -0.218. The summed E-state index contributed by atoms with van der Waals surface area (Å²) in [6, 6.07) is 28.8. The van der Waals surface area contributed by atoms with Crippen molar-refractivity contribution in [3.63, 3.8) is 0 Å². The van der Waals surface area contributed by atoms with Gasteiger partial charge in [0.2, 0.25) is 0 Å². The summed E-state index contributed by atoms with van der Waals surface area (Å²) in [5.41, 5.74) is 5.26. The van der Waals surface area contributed by atoms with E-state index in [1.54, 1.807) is 23.3 Å². The van der Waals surface area contributed by atoms with Crippen LogP contribution >= 0.6 is 15.8 Å². The van der Waals surface area contributed by atoms with Crippen molar-refractivity contribution in [2.75, 3.05) is 0 Å². The van der Waals surface area contributed by atoms with E-state index in [1.165, 1.54) is 12.3 Å². The van der Waals surface area contributed by atoms with Crippen LogP contribution in [0, 0.1) is 0 Å². The quantitative estimate of drug-likeness (QED) is 0.128. The standard InChI is InChI=1S/C24H44P2.C17H14O.Pd/c1-21(2,3)25(22(4,5)6)17-19-15-13-14-16-20(19)18-26(23(7,8)9)24(10,11)12;18-17(13-11-15-7-3-1-4-8-15)14-12-16-9-5-2-6-10-16;/h13-16H,17-18H2,1-12H3;1-14H;/b;13-11+,14-12+;. The van der Waals surface area contributed by atoms with Gasteiger partial charge in [0.15, 0.2) is 5.78 Å². The molecule has 3 aromatic rings. The normalized spacial score (nSPS) is 12.8. The van der Waals surface area contributed by atoms with Gasteiger partial charge in [0.05, 0.1) is 0 Å². The second kappa shape index (κ2) is 18.0. The monoisotopic (exact) mass is 734 g/mol. The molecule has 0 amide bonds. The number of benzene rings is 3. The summed E-state index contributed by atoms with van der Waals surface area (Å²) in [5.74, 6) is -0.0114. The maximum atomic E-state index is 11.6. The average molecular weight is 735 g/mol. The first-order valence-corrected chi connectivity index (χ1v) is 19.0. The molecule has 0 aromatic heterocycles. The van der Waals surface area contributed by atoms with Crippen LogP contribution in [0.4, 0.5) is 0 Å². The van der Waals surface area contributed by atoms with Gasteiger partial charge in [0.1, 0.15) is 0 Å². The number of rotatable bonds is 8. The van der Waals surface area contributed by atoms with Crippen molar-refractivity contribution >= 4 is 33.8 Å². The van der Waals surface area contributed by atoms with Crippen molar-refractivity contribution in [1.29, 1.82) is 0 Å². The third-order valence-electron chi connectivity index (χ3n) is 7.49. The largest absolute Gasteiger partial charge is 0.290 e. The van der Waals surface area contributed by atoms with Crippen LogP contribution in [0.5, 0.6) is 0 Å². The molecule has 0 aliphatic rings. The first-order valence-electron chi connectivity index (χ1n) is 15.9. The Balaban J connectivity index is 0.000000466. The van der Waals surface area contributed by atoms with E-state index in [9.17, 15) is 4.79 Å². The molecule has 4 heteroatoms. The zero-order valence-electron chi connectivity index (χ0n) is 29.9. The molecular weight excluding hydrogens is 677 g/mol. The van der Waals surface area contributed by atoms with Crippen LogP contribution in [-0.4, -0.2) is 26.4 Å². The summed E-state index contributed by atoms with van der Waals surface area (Å²) >= 11 is 0. The Morgan fingerprint density at radius 1 is 0.489 bits per heavy atom. The number of allylic oxidation sites excluding steroid dienone is 2. The fourth-order valence-corrected chi connectivity index (χ4v) is 12.9. The summed E-state index contributed by atoms with van der Waals surface area (Å²) in [5, 5.41) is 1.50. The molecule has 45 heavy (non-hydrogen) atoms. The van der Waals surface area contributed by atoms with Crippen molar-refractivity contribution < 1.29 is 25.2 Å². The molecular formula is C41H58OP2Pd. The maximum Gasteiger partial charge on any atom is 0.178 e. The van der Waals surface area contributed by atoms with Crippen LogP contribution in [0.1, 0.15) is 105 Å². The Morgan fingerprint density at radius 3 is 1.02 bits per heavy atom. The van der Waals surface area contributed by atoms with Crippen LogP contribution in [0.3, 0.4) is 0 Å². The van der Waals surface area contributed by atoms with Gasteiger partial charge in [0.25, 0.3) is 0 Å². The zero-order valence-corrected chi connectivity index (χ0v) is 33.3. The topological polar surface area (TPSA) is 17.1 Å². The van der Waals surface area contributed by atoms with Gasteiger partial charge >= 0.3 is 0 Å². The molecule has 0 fully saturated rings. The van der Waals surface area contributed by atoms with Gasteiger partial charge < -0.3 is 0 Å². The Bertz CT molecular complexity index is 1220. The van der Waals surface area contributed by atoms with E-state index in [-0.39, 0.29) is 42.0 Å². The smallest absolute Gasteiger partial charge is 0.178 e. The molecule has 0 N–H and O–H groups in total. The van der Waals surface area contributed by atoms with Crippen LogP contribution in [-0.2, 0) is 37.5 Å². The summed E-state index contributed by atoms with van der Waals surface area (Å²) in [6.07, 6.45) is 9.28. The van der Waals surface area contributed by atoms with Gasteiger partial charge in [0, 0.05) is 20.4 Å². The van der Waals surface area contributed by atoms with Crippen molar-refractivity contribution in [3.05, 3.63) is 119 Å². The number of hydrogen-bond donors (Lipinski definition) is 0. The van der Waals surface area contributed by atoms with E-state index in [4.69, 9.17) is 0 Å². The van der Waals surface area contributed by atoms with Crippen molar-refractivity contribution in [3.8, 4) is 0 Å². The van der Waals surface area contributed by atoms with E-state index in [1.807, 2.05) is 72.8 Å². The predicted molar refractivity (Wildman–Crippen MR) is 203 cm³/mol. The molecule has 3 aromatic carbocycles. The summed E-state index contributed by atoms with van der Waals surface area (Å²) < 4.78 is 0. The molecule has 0 aliphatic heterocycles. The minimum Gasteiger partial charge on any atom is -0.290 e. The van der Waals surface area contributed by atoms with Gasteiger partial charge in [-0.25, -0.2) is 0 Å². The second-order valence-corrected chi connectivity index (χ2v) is 23.2. The summed E-state index contributed by atoms with van der Waals surface area (Å²) in [4.78, 5) is 11.6. The van der Waals surface area contributed by atoms with E-state index in [0.29, 0.717) is 20.6 Å². The first kappa shape index (κ1) is 41.4. The predicted octanol–water partition coefficient (Wildman–Crippen LogP) is 12.8. The van der Waals surface area contributed by atoms with Gasteiger partial charge in [-0.15, -0.1) is 0 Å². The minimum atomic E-state index is -0.109. The SMILES string of the molecule is CC(C)(C)P(Cc1ccccc1CP(C(C)(C)C)C(C)(C)C)C(C)(C)C.O=C(/C=C/c1ccccc1)/C=C/c1ccccc1.[Pd]. The van der Waals surface area contributed by atoms with E-state index in [2.05, 4.69) is 107 Å². The molecule has 0 spiro atoms. The molecule has 0 unspecified atom stereocenters. The van der Waals surface area contributed by atoms with Crippen LogP contribution in [0.2, 0.25) is 0 Å². The van der Waals surface area contributed by atoms with Gasteiger partial charge in [-0.1, -0.05) is 196 Å². The fraction of sp³-hybridized carbons (Fsp3) is 0.439. The zero-order chi connectivity index (χ0) is 33.2. The molecule has 0 saturated carbocycles. The van der Waals surface area contributed by atoms with Crippen LogP contribution in [0.25, 0.3) is 12.2 Å². The van der Waals surface area contributed by atoms with E-state index in [0.717, 1.165) is 11.1 Å². The first-order chi connectivity index (χ1) is 20.3. The van der Waals surface area contributed by atoms with Gasteiger partial charge in [-0.2, -0.15) is 0 Å². The number of ketones is 1. The maximum absolute atomic E-state index is 11.6. The third-order valence-corrected chi connectivity index (χ3v) is 15.3. The molecule has 0 radical (unpaired) electrons. The number of hydrogen-bond acceptors (Lipinski definition) is 1. The minimum absolute atomic E-state index is 0. The second-order valence-electron chi connectivity index (χ2n) is 15.5. The van der Waals surface area contributed by atoms with Gasteiger partial charge in [-0.3, -0.25) is 4.79 Å². The Morgan fingerprint density at radius 2 is 0.756 bits per heavy atom. The van der Waals surface area contributed by atoms with Crippen LogP contribution in [0.15, 0.2) is 97.1 Å². The number of carbonyl (C=O) groups excluding carboxylic acids is 1. The average Bonchev–Trinajstić information content (AvgIpc) is 2.92. The third kappa shape index (κ3) is 15.2. The molecule has 0 heterocycles. The molecule has 0 atom stereocenters. The molecule has 0 saturated heterocycles. The molecule has 248 valence electrons. The molecule has 3 rings (SSSR count).